The lowest BCUT2D eigenvalue weighted by atomic mass is 10.1. The Morgan fingerprint density at radius 1 is 1.35 bits per heavy atom. The van der Waals surface area contributed by atoms with Crippen molar-refractivity contribution in [2.45, 2.75) is 31.1 Å². The average molecular weight is 373 g/mol. The Labute approximate surface area is 135 Å². The summed E-state index contributed by atoms with van der Waals surface area (Å²) in [5.41, 5.74) is -4.86. The smallest absolute Gasteiger partial charge is 0.283 e. The van der Waals surface area contributed by atoms with Crippen LogP contribution in [0.5, 0.6) is 0 Å². The SMILES string of the molecule is CC1(C)NC(S(=O)(=O)O)N(c2ccc(Cl)c(C(F)(F)F)c2)C1=O. The van der Waals surface area contributed by atoms with E-state index in [9.17, 15) is 30.9 Å². The first-order valence-corrected chi connectivity index (χ1v) is 8.07. The number of anilines is 1. The lowest BCUT2D eigenvalue weighted by molar-refractivity contribution is -0.137. The first-order valence-electron chi connectivity index (χ1n) is 6.19. The monoisotopic (exact) mass is 372 g/mol. The summed E-state index contributed by atoms with van der Waals surface area (Å²) in [5, 5.41) is 1.77. The van der Waals surface area contributed by atoms with Gasteiger partial charge in [-0.3, -0.25) is 19.6 Å². The number of benzene rings is 1. The molecule has 128 valence electrons. The highest BCUT2D eigenvalue weighted by Crippen LogP contribution is 2.38. The lowest BCUT2D eigenvalue weighted by Crippen LogP contribution is -2.45. The normalized spacial score (nSPS) is 21.8. The molecule has 1 aromatic carbocycles. The van der Waals surface area contributed by atoms with E-state index >= 15 is 0 Å². The molecule has 6 nitrogen and oxygen atoms in total. The van der Waals surface area contributed by atoms with E-state index in [0.717, 1.165) is 12.1 Å². The summed E-state index contributed by atoms with van der Waals surface area (Å²) in [6.07, 6.45) is -4.79. The highest BCUT2D eigenvalue weighted by atomic mass is 35.5. The maximum absolute atomic E-state index is 12.9. The fraction of sp³-hybridized carbons (Fsp3) is 0.417. The maximum atomic E-state index is 12.9. The van der Waals surface area contributed by atoms with Gasteiger partial charge >= 0.3 is 16.3 Å². The van der Waals surface area contributed by atoms with Crippen molar-refractivity contribution in [3.05, 3.63) is 28.8 Å². The molecular formula is C12H12ClF3N2O4S. The third-order valence-electron chi connectivity index (χ3n) is 3.29. The van der Waals surface area contributed by atoms with Gasteiger partial charge in [0, 0.05) is 5.69 Å². The zero-order chi connectivity index (χ0) is 17.8. The van der Waals surface area contributed by atoms with Crippen molar-refractivity contribution in [3.8, 4) is 0 Å². The number of hydrogen-bond donors (Lipinski definition) is 2. The van der Waals surface area contributed by atoms with E-state index in [0.29, 0.717) is 11.0 Å². The van der Waals surface area contributed by atoms with Crippen LogP contribution in [0.15, 0.2) is 18.2 Å². The first kappa shape index (κ1) is 18.0. The van der Waals surface area contributed by atoms with Gasteiger partial charge in [-0.1, -0.05) is 11.6 Å². The molecule has 1 fully saturated rings. The van der Waals surface area contributed by atoms with Crippen molar-refractivity contribution in [1.82, 2.24) is 5.32 Å². The van der Waals surface area contributed by atoms with E-state index in [1.807, 2.05) is 0 Å². The van der Waals surface area contributed by atoms with E-state index in [-0.39, 0.29) is 5.69 Å². The second-order valence-corrected chi connectivity index (χ2v) is 7.36. The molecule has 0 aromatic heterocycles. The van der Waals surface area contributed by atoms with Crippen LogP contribution in [-0.2, 0) is 21.1 Å². The van der Waals surface area contributed by atoms with Crippen LogP contribution < -0.4 is 10.2 Å². The van der Waals surface area contributed by atoms with E-state index < -0.39 is 43.8 Å². The van der Waals surface area contributed by atoms with Gasteiger partial charge in [0.1, 0.15) is 0 Å². The summed E-state index contributed by atoms with van der Waals surface area (Å²) in [6, 6.07) is 2.53. The van der Waals surface area contributed by atoms with E-state index in [1.165, 1.54) is 13.8 Å². The number of carbonyl (C=O) groups excluding carboxylic acids is 1. The molecule has 1 aromatic rings. The fourth-order valence-corrected chi connectivity index (χ4v) is 3.34. The Bertz CT molecular complexity index is 764. The second-order valence-electron chi connectivity index (χ2n) is 5.47. The van der Waals surface area contributed by atoms with Gasteiger partial charge < -0.3 is 0 Å². The number of nitrogens with zero attached hydrogens (tertiary/aromatic N) is 1. The summed E-state index contributed by atoms with van der Waals surface area (Å²) in [6.45, 7) is 2.68. The minimum absolute atomic E-state index is 0.354. The zero-order valence-corrected chi connectivity index (χ0v) is 13.4. The number of hydrogen-bond acceptors (Lipinski definition) is 4. The molecule has 0 spiro atoms. The minimum atomic E-state index is -4.79. The predicted octanol–water partition coefficient (Wildman–Crippen LogP) is 2.25. The fourth-order valence-electron chi connectivity index (χ4n) is 2.18. The lowest BCUT2D eigenvalue weighted by Gasteiger charge is -2.23. The van der Waals surface area contributed by atoms with Crippen LogP contribution in [0.2, 0.25) is 5.02 Å². The van der Waals surface area contributed by atoms with Crippen molar-refractivity contribution < 1.29 is 30.9 Å². The third-order valence-corrected chi connectivity index (χ3v) is 4.51. The van der Waals surface area contributed by atoms with Crippen molar-refractivity contribution in [2.75, 3.05) is 4.90 Å². The van der Waals surface area contributed by atoms with Gasteiger partial charge in [0.05, 0.1) is 16.1 Å². The zero-order valence-electron chi connectivity index (χ0n) is 11.8. The van der Waals surface area contributed by atoms with Crippen LogP contribution in [0.1, 0.15) is 19.4 Å². The van der Waals surface area contributed by atoms with Gasteiger partial charge in [-0.25, -0.2) is 0 Å². The summed E-state index contributed by atoms with van der Waals surface area (Å²) in [7, 11) is -4.78. The molecule has 1 saturated heterocycles. The van der Waals surface area contributed by atoms with Crippen LogP contribution in [0.4, 0.5) is 18.9 Å². The molecule has 1 aliphatic heterocycles. The van der Waals surface area contributed by atoms with E-state index in [1.54, 1.807) is 0 Å². The molecule has 1 amide bonds. The van der Waals surface area contributed by atoms with Gasteiger partial charge in [0.2, 0.25) is 11.4 Å². The third kappa shape index (κ3) is 3.30. The van der Waals surface area contributed by atoms with Crippen molar-refractivity contribution in [3.63, 3.8) is 0 Å². The Kier molecular flexibility index (Phi) is 4.17. The van der Waals surface area contributed by atoms with Gasteiger partial charge in [0.25, 0.3) is 0 Å². The van der Waals surface area contributed by atoms with Crippen molar-refractivity contribution in [1.29, 1.82) is 0 Å². The number of amides is 1. The molecule has 0 aliphatic carbocycles. The predicted molar refractivity (Wildman–Crippen MR) is 76.5 cm³/mol. The second kappa shape index (κ2) is 5.33. The molecule has 0 saturated carbocycles. The molecular weight excluding hydrogens is 361 g/mol. The molecule has 1 aliphatic rings. The van der Waals surface area contributed by atoms with Crippen LogP contribution in [0.25, 0.3) is 0 Å². The van der Waals surface area contributed by atoms with E-state index in [4.69, 9.17) is 11.6 Å². The topological polar surface area (TPSA) is 86.7 Å². The number of alkyl halides is 3. The molecule has 1 unspecified atom stereocenters. The molecule has 0 bridgehead atoms. The first-order chi connectivity index (χ1) is 10.2. The Morgan fingerprint density at radius 3 is 2.39 bits per heavy atom. The molecule has 2 rings (SSSR count). The molecule has 2 N–H and O–H groups in total. The Balaban J connectivity index is 2.61. The Morgan fingerprint density at radius 2 is 1.91 bits per heavy atom. The van der Waals surface area contributed by atoms with Crippen molar-refractivity contribution in [2.24, 2.45) is 0 Å². The van der Waals surface area contributed by atoms with E-state index in [2.05, 4.69) is 5.32 Å². The molecule has 23 heavy (non-hydrogen) atoms. The summed E-state index contributed by atoms with van der Waals surface area (Å²) >= 11 is 5.50. The van der Waals surface area contributed by atoms with Gasteiger partial charge in [-0.15, -0.1) is 0 Å². The molecule has 1 atom stereocenters. The van der Waals surface area contributed by atoms with Crippen LogP contribution in [-0.4, -0.2) is 29.9 Å². The highest BCUT2D eigenvalue weighted by Gasteiger charge is 2.51. The van der Waals surface area contributed by atoms with Crippen LogP contribution in [0, 0.1) is 0 Å². The summed E-state index contributed by atoms with van der Waals surface area (Å²) < 4.78 is 70.9. The number of halogens is 4. The number of rotatable bonds is 2. The maximum Gasteiger partial charge on any atom is 0.417 e. The average Bonchev–Trinajstić information content (AvgIpc) is 2.60. The van der Waals surface area contributed by atoms with Gasteiger partial charge in [0.15, 0.2) is 0 Å². The molecule has 0 radical (unpaired) electrons. The Hall–Kier alpha value is -1.36. The van der Waals surface area contributed by atoms with Crippen LogP contribution >= 0.6 is 11.6 Å². The largest absolute Gasteiger partial charge is 0.417 e. The highest BCUT2D eigenvalue weighted by molar-refractivity contribution is 7.86. The quantitative estimate of drug-likeness (QED) is 0.777. The van der Waals surface area contributed by atoms with Crippen molar-refractivity contribution >= 4 is 33.3 Å². The number of nitrogens with one attached hydrogen (secondary N) is 1. The van der Waals surface area contributed by atoms with Gasteiger partial charge in [-0.05, 0) is 32.0 Å². The number of carbonyl (C=O) groups is 1. The van der Waals surface area contributed by atoms with Gasteiger partial charge in [-0.2, -0.15) is 21.6 Å². The van der Waals surface area contributed by atoms with Crippen LogP contribution in [0.3, 0.4) is 0 Å². The molecule has 1 heterocycles. The minimum Gasteiger partial charge on any atom is -0.283 e. The molecule has 11 heteroatoms. The standard InChI is InChI=1S/C12H12ClF3N2O4S/c1-11(2)9(19)18(10(17-11)23(20,21)22)6-3-4-8(13)7(5-6)12(14,15)16/h3-5,10,17H,1-2H3,(H,20,21,22). The summed E-state index contributed by atoms with van der Waals surface area (Å²) in [4.78, 5) is 12.9. The summed E-state index contributed by atoms with van der Waals surface area (Å²) in [5.74, 6) is -0.810.